The zero-order valence-electron chi connectivity index (χ0n) is 16.1. The zero-order chi connectivity index (χ0) is 20.1. The molecule has 0 radical (unpaired) electrons. The van der Waals surface area contributed by atoms with Crippen LogP contribution in [0.4, 0.5) is 5.69 Å². The number of hydrogen-bond acceptors (Lipinski definition) is 7. The zero-order valence-corrected chi connectivity index (χ0v) is 16.1. The molecule has 2 N–H and O–H groups in total. The van der Waals surface area contributed by atoms with Crippen LogP contribution < -0.4 is 20.1 Å². The fourth-order valence-electron chi connectivity index (χ4n) is 3.51. The Balaban J connectivity index is 1.89. The quantitative estimate of drug-likeness (QED) is 0.743. The van der Waals surface area contributed by atoms with Gasteiger partial charge in [0.1, 0.15) is 33.9 Å². The van der Waals surface area contributed by atoms with Gasteiger partial charge >= 0.3 is 0 Å². The molecule has 1 aromatic heterocycles. The average molecular weight is 379 g/mol. The summed E-state index contributed by atoms with van der Waals surface area (Å²) in [6.45, 7) is 3.62. The standard InChI is InChI=1S/C21H21N3O4/c1-21(2)18(25)17(20-23-15-7-5-6-8-16(15)28-20)19(22)24(21)12-9-13(26-3)11-14(10-12)27-4/h5-11H,22H2,1-4H3. The minimum atomic E-state index is -0.933. The van der Waals surface area contributed by atoms with E-state index >= 15 is 0 Å². The summed E-state index contributed by atoms with van der Waals surface area (Å²) in [7, 11) is 3.14. The van der Waals surface area contributed by atoms with Gasteiger partial charge in [0.25, 0.3) is 0 Å². The van der Waals surface area contributed by atoms with Crippen LogP contribution in [-0.2, 0) is 4.79 Å². The van der Waals surface area contributed by atoms with Crippen molar-refractivity contribution < 1.29 is 18.7 Å². The molecule has 0 atom stereocenters. The highest BCUT2D eigenvalue weighted by atomic mass is 16.5. The van der Waals surface area contributed by atoms with Gasteiger partial charge in [-0.05, 0) is 26.0 Å². The van der Waals surface area contributed by atoms with E-state index in [4.69, 9.17) is 19.6 Å². The normalized spacial score (nSPS) is 16.1. The van der Waals surface area contributed by atoms with Crippen molar-refractivity contribution in [3.05, 3.63) is 54.2 Å². The summed E-state index contributed by atoms with van der Waals surface area (Å²) in [6, 6.07) is 12.7. The van der Waals surface area contributed by atoms with Gasteiger partial charge in [0.15, 0.2) is 11.4 Å². The summed E-state index contributed by atoms with van der Waals surface area (Å²) in [4.78, 5) is 19.5. The van der Waals surface area contributed by atoms with E-state index in [9.17, 15) is 4.79 Å². The smallest absolute Gasteiger partial charge is 0.234 e. The summed E-state index contributed by atoms with van der Waals surface area (Å²) < 4.78 is 16.5. The number of nitrogens with zero attached hydrogens (tertiary/aromatic N) is 2. The number of aromatic nitrogens is 1. The van der Waals surface area contributed by atoms with E-state index in [0.717, 1.165) is 0 Å². The molecule has 4 rings (SSSR count). The van der Waals surface area contributed by atoms with Gasteiger partial charge in [0, 0.05) is 18.2 Å². The second-order valence-electron chi connectivity index (χ2n) is 7.04. The lowest BCUT2D eigenvalue weighted by Crippen LogP contribution is -2.45. The highest BCUT2D eigenvalue weighted by Gasteiger charge is 2.48. The Hall–Kier alpha value is -3.48. The predicted molar refractivity (Wildman–Crippen MR) is 106 cm³/mol. The lowest BCUT2D eigenvalue weighted by molar-refractivity contribution is -0.116. The lowest BCUT2D eigenvalue weighted by atomic mass is 9.96. The molecule has 144 valence electrons. The van der Waals surface area contributed by atoms with E-state index in [-0.39, 0.29) is 23.1 Å². The van der Waals surface area contributed by atoms with Crippen molar-refractivity contribution in [3.8, 4) is 11.5 Å². The number of carbonyl (C=O) groups excluding carboxylic acids is 1. The van der Waals surface area contributed by atoms with Gasteiger partial charge in [-0.3, -0.25) is 4.79 Å². The maximum atomic E-state index is 13.3. The van der Waals surface area contributed by atoms with E-state index in [1.54, 1.807) is 43.4 Å². The van der Waals surface area contributed by atoms with Crippen LogP contribution in [0.3, 0.4) is 0 Å². The van der Waals surface area contributed by atoms with Crippen molar-refractivity contribution in [2.75, 3.05) is 19.1 Å². The second kappa shape index (κ2) is 6.30. The van der Waals surface area contributed by atoms with Gasteiger partial charge in [0.2, 0.25) is 5.89 Å². The van der Waals surface area contributed by atoms with Crippen LogP contribution in [0.15, 0.2) is 52.7 Å². The van der Waals surface area contributed by atoms with Crippen molar-refractivity contribution >= 4 is 28.1 Å². The Morgan fingerprint density at radius 2 is 1.71 bits per heavy atom. The Morgan fingerprint density at radius 3 is 2.32 bits per heavy atom. The van der Waals surface area contributed by atoms with Crippen molar-refractivity contribution in [1.82, 2.24) is 4.98 Å². The van der Waals surface area contributed by atoms with Crippen LogP contribution in [0, 0.1) is 0 Å². The number of oxazole rings is 1. The highest BCUT2D eigenvalue weighted by molar-refractivity contribution is 6.29. The van der Waals surface area contributed by atoms with Crippen molar-refractivity contribution in [2.24, 2.45) is 5.73 Å². The molecule has 0 fully saturated rings. The SMILES string of the molecule is COc1cc(OC)cc(N2C(N)=C(c3nc4ccccc4o3)C(=O)C2(C)C)c1. The Kier molecular flexibility index (Phi) is 4.03. The maximum Gasteiger partial charge on any atom is 0.234 e. The topological polar surface area (TPSA) is 90.8 Å². The molecule has 3 aromatic rings. The summed E-state index contributed by atoms with van der Waals surface area (Å²) >= 11 is 0. The first-order chi connectivity index (χ1) is 13.4. The molecule has 0 spiro atoms. The van der Waals surface area contributed by atoms with E-state index in [1.807, 2.05) is 32.0 Å². The van der Waals surface area contributed by atoms with E-state index in [0.29, 0.717) is 28.3 Å². The minimum absolute atomic E-state index is 0.168. The number of carbonyl (C=O) groups is 1. The molecule has 0 aliphatic carbocycles. The van der Waals surface area contributed by atoms with Crippen molar-refractivity contribution in [1.29, 1.82) is 0 Å². The summed E-state index contributed by atoms with van der Waals surface area (Å²) in [5.41, 5.74) is 7.75. The first-order valence-corrected chi connectivity index (χ1v) is 8.80. The highest BCUT2D eigenvalue weighted by Crippen LogP contribution is 2.42. The molecule has 0 unspecified atom stereocenters. The van der Waals surface area contributed by atoms with Gasteiger partial charge in [-0.1, -0.05) is 12.1 Å². The maximum absolute atomic E-state index is 13.3. The van der Waals surface area contributed by atoms with Crippen molar-refractivity contribution in [3.63, 3.8) is 0 Å². The molecular weight excluding hydrogens is 358 g/mol. The molecule has 0 saturated carbocycles. The third-order valence-electron chi connectivity index (χ3n) is 4.94. The molecule has 0 amide bonds. The number of nitrogens with two attached hydrogens (primary N) is 1. The fourth-order valence-corrected chi connectivity index (χ4v) is 3.51. The average Bonchev–Trinajstić information content (AvgIpc) is 3.17. The molecule has 28 heavy (non-hydrogen) atoms. The van der Waals surface area contributed by atoms with Gasteiger partial charge in [-0.25, -0.2) is 4.98 Å². The van der Waals surface area contributed by atoms with Gasteiger partial charge in [-0.15, -0.1) is 0 Å². The summed E-state index contributed by atoms with van der Waals surface area (Å²) in [5.74, 6) is 1.52. The van der Waals surface area contributed by atoms with Crippen LogP contribution >= 0.6 is 0 Å². The molecule has 2 heterocycles. The van der Waals surface area contributed by atoms with Crippen LogP contribution in [0.5, 0.6) is 11.5 Å². The van der Waals surface area contributed by atoms with Crippen LogP contribution in [-0.4, -0.2) is 30.5 Å². The van der Waals surface area contributed by atoms with Gasteiger partial charge in [-0.2, -0.15) is 0 Å². The first-order valence-electron chi connectivity index (χ1n) is 8.80. The number of ketones is 1. The Bertz CT molecular complexity index is 1060. The predicted octanol–water partition coefficient (Wildman–Crippen LogP) is 3.34. The molecule has 0 saturated heterocycles. The number of hydrogen-bond donors (Lipinski definition) is 1. The van der Waals surface area contributed by atoms with Crippen LogP contribution in [0.2, 0.25) is 0 Å². The fraction of sp³-hybridized carbons (Fsp3) is 0.238. The first kappa shape index (κ1) is 17.9. The number of fused-ring (bicyclic) bond motifs is 1. The monoisotopic (exact) mass is 379 g/mol. The van der Waals surface area contributed by atoms with E-state index in [1.165, 1.54) is 0 Å². The van der Waals surface area contributed by atoms with Crippen molar-refractivity contribution in [2.45, 2.75) is 19.4 Å². The Morgan fingerprint density at radius 1 is 1.07 bits per heavy atom. The molecule has 2 aromatic carbocycles. The summed E-state index contributed by atoms with van der Waals surface area (Å²) in [6.07, 6.45) is 0. The third kappa shape index (κ3) is 2.58. The number of para-hydroxylation sites is 2. The van der Waals surface area contributed by atoms with Gasteiger partial charge < -0.3 is 24.5 Å². The minimum Gasteiger partial charge on any atom is -0.497 e. The lowest BCUT2D eigenvalue weighted by Gasteiger charge is -2.33. The Labute approximate surface area is 162 Å². The number of ether oxygens (including phenoxy) is 2. The van der Waals surface area contributed by atoms with E-state index < -0.39 is 5.54 Å². The molecule has 0 bridgehead atoms. The number of methoxy groups -OCH3 is 2. The van der Waals surface area contributed by atoms with Crippen LogP contribution in [0.1, 0.15) is 19.7 Å². The molecule has 7 heteroatoms. The number of rotatable bonds is 4. The molecule has 1 aliphatic rings. The largest absolute Gasteiger partial charge is 0.497 e. The number of benzene rings is 2. The number of Topliss-reactive ketones (excluding diaryl/α,β-unsaturated/α-hetero) is 1. The van der Waals surface area contributed by atoms with Gasteiger partial charge in [0.05, 0.1) is 19.9 Å². The molecule has 7 nitrogen and oxygen atoms in total. The van der Waals surface area contributed by atoms with E-state index in [2.05, 4.69) is 4.98 Å². The third-order valence-corrected chi connectivity index (χ3v) is 4.94. The van der Waals surface area contributed by atoms with Crippen LogP contribution in [0.25, 0.3) is 16.7 Å². The molecule has 1 aliphatic heterocycles. The second-order valence-corrected chi connectivity index (χ2v) is 7.04. The molecular formula is C21H21N3O4. The number of anilines is 1. The summed E-state index contributed by atoms with van der Waals surface area (Å²) in [5, 5.41) is 0.